The summed E-state index contributed by atoms with van der Waals surface area (Å²) >= 11 is 0. The maximum atomic E-state index is 12.2. The van der Waals surface area contributed by atoms with E-state index in [-0.39, 0.29) is 18.6 Å². The normalized spacial score (nSPS) is 14.9. The molecule has 0 fully saturated rings. The van der Waals surface area contributed by atoms with Crippen LogP contribution in [0.5, 0.6) is 5.75 Å². The summed E-state index contributed by atoms with van der Waals surface area (Å²) in [6.07, 6.45) is 2.24. The fourth-order valence-electron chi connectivity index (χ4n) is 2.77. The Morgan fingerprint density at radius 2 is 2.08 bits per heavy atom. The van der Waals surface area contributed by atoms with Crippen LogP contribution < -0.4 is 15.0 Å². The molecule has 1 aromatic heterocycles. The number of para-hydroxylation sites is 1. The number of nitrogens with zero attached hydrogens (tertiary/aromatic N) is 2. The van der Waals surface area contributed by atoms with Crippen molar-refractivity contribution < 1.29 is 19.1 Å². The first-order valence-electron chi connectivity index (χ1n) is 8.35. The Kier molecular flexibility index (Phi) is 5.36. The standard InChI is InChI=1S/C19H21N3O4/c1-22(2)18-15(7-5-9-20-18)19(24)25-12-17(23)21-11-14-10-13-6-3-4-8-16(13)26-14/h3-9,14H,10-12H2,1-2H3,(H,21,23). The van der Waals surface area contributed by atoms with Gasteiger partial charge in [-0.1, -0.05) is 18.2 Å². The van der Waals surface area contributed by atoms with Crippen LogP contribution in [-0.2, 0) is 16.0 Å². The van der Waals surface area contributed by atoms with Gasteiger partial charge in [0.05, 0.1) is 6.54 Å². The van der Waals surface area contributed by atoms with E-state index in [4.69, 9.17) is 9.47 Å². The number of anilines is 1. The predicted molar refractivity (Wildman–Crippen MR) is 96.4 cm³/mol. The Labute approximate surface area is 151 Å². The van der Waals surface area contributed by atoms with Crippen LogP contribution in [0.25, 0.3) is 0 Å². The minimum Gasteiger partial charge on any atom is -0.488 e. The lowest BCUT2D eigenvalue weighted by molar-refractivity contribution is -0.124. The first kappa shape index (κ1) is 17.7. The topological polar surface area (TPSA) is 80.8 Å². The van der Waals surface area contributed by atoms with E-state index in [9.17, 15) is 9.59 Å². The molecule has 1 amide bonds. The molecule has 1 unspecified atom stereocenters. The minimum atomic E-state index is -0.582. The van der Waals surface area contributed by atoms with Crippen molar-refractivity contribution in [3.8, 4) is 5.75 Å². The molecule has 7 heteroatoms. The number of hydrogen-bond acceptors (Lipinski definition) is 6. The maximum Gasteiger partial charge on any atom is 0.342 e. The number of fused-ring (bicyclic) bond motifs is 1. The highest BCUT2D eigenvalue weighted by Gasteiger charge is 2.23. The Balaban J connectivity index is 1.46. The highest BCUT2D eigenvalue weighted by atomic mass is 16.5. The van der Waals surface area contributed by atoms with Gasteiger partial charge < -0.3 is 19.7 Å². The first-order chi connectivity index (χ1) is 12.5. The average molecular weight is 355 g/mol. The molecule has 3 rings (SSSR count). The molecule has 1 atom stereocenters. The molecule has 0 saturated carbocycles. The van der Waals surface area contributed by atoms with Crippen LogP contribution in [0.3, 0.4) is 0 Å². The summed E-state index contributed by atoms with van der Waals surface area (Å²) in [5, 5.41) is 2.74. The fraction of sp³-hybridized carbons (Fsp3) is 0.316. The molecule has 0 spiro atoms. The molecule has 1 aliphatic rings. The van der Waals surface area contributed by atoms with E-state index in [2.05, 4.69) is 10.3 Å². The molecule has 136 valence electrons. The predicted octanol–water partition coefficient (Wildman–Crippen LogP) is 1.42. The van der Waals surface area contributed by atoms with Crippen LogP contribution in [-0.4, -0.2) is 50.2 Å². The van der Waals surface area contributed by atoms with Crippen molar-refractivity contribution in [3.63, 3.8) is 0 Å². The van der Waals surface area contributed by atoms with E-state index in [1.54, 1.807) is 37.3 Å². The van der Waals surface area contributed by atoms with E-state index < -0.39 is 5.97 Å². The van der Waals surface area contributed by atoms with Crippen molar-refractivity contribution in [1.29, 1.82) is 0 Å². The van der Waals surface area contributed by atoms with Crippen LogP contribution in [0.4, 0.5) is 5.82 Å². The Hall–Kier alpha value is -3.09. The van der Waals surface area contributed by atoms with Crippen LogP contribution in [0.15, 0.2) is 42.6 Å². The van der Waals surface area contributed by atoms with Crippen molar-refractivity contribution in [2.75, 3.05) is 32.1 Å². The number of rotatable bonds is 6. The van der Waals surface area contributed by atoms with Crippen LogP contribution >= 0.6 is 0 Å². The third kappa shape index (κ3) is 4.11. The van der Waals surface area contributed by atoms with Crippen LogP contribution in [0.2, 0.25) is 0 Å². The number of carbonyl (C=O) groups is 2. The molecular formula is C19H21N3O4. The van der Waals surface area contributed by atoms with Gasteiger partial charge in [0.1, 0.15) is 23.2 Å². The highest BCUT2D eigenvalue weighted by Crippen LogP contribution is 2.27. The molecule has 1 N–H and O–H groups in total. The first-order valence-corrected chi connectivity index (χ1v) is 8.35. The molecule has 1 aromatic carbocycles. The monoisotopic (exact) mass is 355 g/mol. The smallest absolute Gasteiger partial charge is 0.342 e. The van der Waals surface area contributed by atoms with Gasteiger partial charge >= 0.3 is 5.97 Å². The van der Waals surface area contributed by atoms with Crippen molar-refractivity contribution >= 4 is 17.7 Å². The molecule has 2 aromatic rings. The third-order valence-corrected chi connectivity index (χ3v) is 4.01. The summed E-state index contributed by atoms with van der Waals surface area (Å²) in [6.45, 7) is 0.0150. The average Bonchev–Trinajstić information content (AvgIpc) is 3.07. The zero-order valence-electron chi connectivity index (χ0n) is 14.8. The van der Waals surface area contributed by atoms with Gasteiger partial charge in [-0.05, 0) is 23.8 Å². The van der Waals surface area contributed by atoms with E-state index in [1.807, 2.05) is 24.3 Å². The number of esters is 1. The number of benzene rings is 1. The molecule has 0 aliphatic carbocycles. The Morgan fingerprint density at radius 3 is 2.85 bits per heavy atom. The molecule has 2 heterocycles. The number of hydrogen-bond donors (Lipinski definition) is 1. The SMILES string of the molecule is CN(C)c1ncccc1C(=O)OCC(=O)NCC1Cc2ccccc2O1. The highest BCUT2D eigenvalue weighted by molar-refractivity contribution is 5.95. The summed E-state index contributed by atoms with van der Waals surface area (Å²) in [4.78, 5) is 30.0. The van der Waals surface area contributed by atoms with E-state index in [0.29, 0.717) is 17.9 Å². The van der Waals surface area contributed by atoms with Crippen LogP contribution in [0, 0.1) is 0 Å². The summed E-state index contributed by atoms with van der Waals surface area (Å²) in [5.74, 6) is 0.399. The zero-order chi connectivity index (χ0) is 18.5. The number of carbonyl (C=O) groups excluding carboxylic acids is 2. The van der Waals surface area contributed by atoms with Crippen molar-refractivity contribution in [2.24, 2.45) is 0 Å². The van der Waals surface area contributed by atoms with Gasteiger partial charge in [0, 0.05) is 26.7 Å². The molecule has 0 bridgehead atoms. The van der Waals surface area contributed by atoms with Crippen LogP contribution in [0.1, 0.15) is 15.9 Å². The Bertz CT molecular complexity index is 782. The third-order valence-electron chi connectivity index (χ3n) is 4.01. The minimum absolute atomic E-state index is 0.106. The van der Waals surface area contributed by atoms with E-state index >= 15 is 0 Å². The van der Waals surface area contributed by atoms with Crippen molar-refractivity contribution in [2.45, 2.75) is 12.5 Å². The van der Waals surface area contributed by atoms with Gasteiger partial charge in [-0.15, -0.1) is 0 Å². The number of nitrogens with one attached hydrogen (secondary N) is 1. The number of amides is 1. The van der Waals surface area contributed by atoms with Gasteiger partial charge in [-0.3, -0.25) is 4.79 Å². The number of ether oxygens (including phenoxy) is 2. The van der Waals surface area contributed by atoms with Gasteiger partial charge in [0.2, 0.25) is 0 Å². The zero-order valence-corrected chi connectivity index (χ0v) is 14.8. The van der Waals surface area contributed by atoms with Crippen molar-refractivity contribution in [3.05, 3.63) is 53.7 Å². The molecule has 0 saturated heterocycles. The van der Waals surface area contributed by atoms with Crippen molar-refractivity contribution in [1.82, 2.24) is 10.3 Å². The van der Waals surface area contributed by atoms with Gasteiger partial charge in [-0.2, -0.15) is 0 Å². The summed E-state index contributed by atoms with van der Waals surface area (Å²) in [6, 6.07) is 11.1. The Morgan fingerprint density at radius 1 is 1.27 bits per heavy atom. The quantitative estimate of drug-likeness (QED) is 0.790. The second-order valence-corrected chi connectivity index (χ2v) is 6.20. The van der Waals surface area contributed by atoms with E-state index in [1.165, 1.54) is 0 Å². The van der Waals surface area contributed by atoms with Gasteiger partial charge in [0.25, 0.3) is 5.91 Å². The summed E-state index contributed by atoms with van der Waals surface area (Å²) in [7, 11) is 3.57. The second-order valence-electron chi connectivity index (χ2n) is 6.20. The molecule has 7 nitrogen and oxygen atoms in total. The maximum absolute atomic E-state index is 12.2. The van der Waals surface area contributed by atoms with Gasteiger partial charge in [-0.25, -0.2) is 9.78 Å². The van der Waals surface area contributed by atoms with E-state index in [0.717, 1.165) is 17.7 Å². The largest absolute Gasteiger partial charge is 0.488 e. The fourth-order valence-corrected chi connectivity index (χ4v) is 2.77. The lowest BCUT2D eigenvalue weighted by atomic mass is 10.1. The molecule has 1 aliphatic heterocycles. The summed E-state index contributed by atoms with van der Waals surface area (Å²) in [5.41, 5.74) is 1.45. The summed E-state index contributed by atoms with van der Waals surface area (Å²) < 4.78 is 10.9. The lowest BCUT2D eigenvalue weighted by Gasteiger charge is -2.15. The van der Waals surface area contributed by atoms with Gasteiger partial charge in [0.15, 0.2) is 6.61 Å². The molecule has 0 radical (unpaired) electrons. The lowest BCUT2D eigenvalue weighted by Crippen LogP contribution is -2.37. The number of aromatic nitrogens is 1. The molecular weight excluding hydrogens is 334 g/mol. The second kappa shape index (κ2) is 7.86. The molecule has 26 heavy (non-hydrogen) atoms. The number of pyridine rings is 1.